The number of carbonyl (C=O) groups is 1. The second kappa shape index (κ2) is 8.26. The largest absolute Gasteiger partial charge is 0.497 e. The lowest BCUT2D eigenvalue weighted by Crippen LogP contribution is -2.19. The number of aryl methyl sites for hydroxylation is 1. The summed E-state index contributed by atoms with van der Waals surface area (Å²) < 4.78 is 43.2. The number of thiazole rings is 1. The molecule has 3 aromatic rings. The van der Waals surface area contributed by atoms with Crippen molar-refractivity contribution in [1.82, 2.24) is 4.57 Å². The number of hydrogen-bond donors (Lipinski definition) is 0. The summed E-state index contributed by atoms with van der Waals surface area (Å²) in [4.78, 5) is 16.8. The van der Waals surface area contributed by atoms with Crippen LogP contribution >= 0.6 is 11.3 Å². The molecule has 0 aliphatic heterocycles. The fourth-order valence-electron chi connectivity index (χ4n) is 2.80. The highest BCUT2D eigenvalue weighted by atomic mass is 32.2. The molecular weight excluding hydrogens is 416 g/mol. The molecule has 0 aliphatic rings. The van der Waals surface area contributed by atoms with Crippen molar-refractivity contribution in [2.75, 3.05) is 27.1 Å². The molecule has 0 saturated carbocycles. The Hall–Kier alpha value is -2.85. The van der Waals surface area contributed by atoms with Crippen LogP contribution in [0.4, 0.5) is 0 Å². The van der Waals surface area contributed by atoms with E-state index in [1.54, 1.807) is 38.0 Å². The quantitative estimate of drug-likeness (QED) is 0.588. The smallest absolute Gasteiger partial charge is 0.263 e. The van der Waals surface area contributed by atoms with Crippen LogP contribution in [0.1, 0.15) is 0 Å². The summed E-state index contributed by atoms with van der Waals surface area (Å²) in [5.41, 5.74) is 0.710. The summed E-state index contributed by atoms with van der Waals surface area (Å²) in [5.74, 6) is 0.239. The number of methoxy groups -OCH3 is 3. The van der Waals surface area contributed by atoms with Crippen molar-refractivity contribution in [2.45, 2.75) is 4.90 Å². The summed E-state index contributed by atoms with van der Waals surface area (Å²) in [5, 5.41) is 0. The van der Waals surface area contributed by atoms with Gasteiger partial charge < -0.3 is 18.8 Å². The normalized spacial score (nSPS) is 12.2. The summed E-state index contributed by atoms with van der Waals surface area (Å²) in [6, 6.07) is 9.37. The fraction of sp³-hybridized carbons (Fsp3) is 0.263. The zero-order valence-corrected chi connectivity index (χ0v) is 18.0. The average Bonchev–Trinajstić information content (AvgIpc) is 3.03. The van der Waals surface area contributed by atoms with Crippen LogP contribution in [-0.4, -0.2) is 46.0 Å². The lowest BCUT2D eigenvalue weighted by molar-refractivity contribution is -0.115. The highest BCUT2D eigenvalue weighted by Gasteiger charge is 2.20. The lowest BCUT2D eigenvalue weighted by Gasteiger charge is -2.06. The number of carbonyl (C=O) groups excluding carboxylic acids is 1. The van der Waals surface area contributed by atoms with E-state index in [4.69, 9.17) is 14.2 Å². The molecule has 0 N–H and O–H groups in total. The Morgan fingerprint density at radius 2 is 1.62 bits per heavy atom. The number of hydrogen-bond acceptors (Lipinski definition) is 7. The first-order valence-electron chi connectivity index (χ1n) is 8.45. The molecule has 1 amide bonds. The maximum absolute atomic E-state index is 12.5. The molecule has 0 bridgehead atoms. The number of rotatable bonds is 6. The minimum Gasteiger partial charge on any atom is -0.497 e. The number of fused-ring (bicyclic) bond motifs is 1. The van der Waals surface area contributed by atoms with Crippen LogP contribution in [0.3, 0.4) is 0 Å². The predicted octanol–water partition coefficient (Wildman–Crippen LogP) is 2.17. The van der Waals surface area contributed by atoms with E-state index in [1.165, 1.54) is 42.7 Å². The van der Waals surface area contributed by atoms with Crippen LogP contribution in [0.5, 0.6) is 17.2 Å². The minimum atomic E-state index is -3.83. The van der Waals surface area contributed by atoms with Crippen molar-refractivity contribution in [1.29, 1.82) is 0 Å². The topological polar surface area (TPSA) is 96.2 Å². The molecule has 0 spiro atoms. The van der Waals surface area contributed by atoms with E-state index in [0.717, 1.165) is 4.70 Å². The summed E-state index contributed by atoms with van der Waals surface area (Å²) >= 11 is 1.22. The van der Waals surface area contributed by atoms with Gasteiger partial charge in [0.05, 0.1) is 26.2 Å². The summed E-state index contributed by atoms with van der Waals surface area (Å²) in [7, 11) is 2.48. The molecule has 2 aromatic carbocycles. The highest BCUT2D eigenvalue weighted by molar-refractivity contribution is 7.92. The monoisotopic (exact) mass is 436 g/mol. The Kier molecular flexibility index (Phi) is 5.94. The van der Waals surface area contributed by atoms with Crippen molar-refractivity contribution in [3.63, 3.8) is 0 Å². The van der Waals surface area contributed by atoms with Gasteiger partial charge in [0.25, 0.3) is 5.91 Å². The van der Waals surface area contributed by atoms with Crippen molar-refractivity contribution >= 4 is 37.3 Å². The van der Waals surface area contributed by atoms with Crippen molar-refractivity contribution < 1.29 is 27.4 Å². The van der Waals surface area contributed by atoms with Gasteiger partial charge in [-0.05, 0) is 36.4 Å². The van der Waals surface area contributed by atoms with Gasteiger partial charge in [0.15, 0.2) is 14.6 Å². The van der Waals surface area contributed by atoms with Gasteiger partial charge in [-0.1, -0.05) is 11.3 Å². The zero-order chi connectivity index (χ0) is 21.2. The molecule has 8 nitrogen and oxygen atoms in total. The Labute approximate surface area is 171 Å². The molecule has 3 rings (SSSR count). The van der Waals surface area contributed by atoms with Gasteiger partial charge in [-0.15, -0.1) is 0 Å². The van der Waals surface area contributed by atoms with Gasteiger partial charge in [0.2, 0.25) is 0 Å². The van der Waals surface area contributed by atoms with Gasteiger partial charge >= 0.3 is 0 Å². The lowest BCUT2D eigenvalue weighted by atomic mass is 10.3. The van der Waals surface area contributed by atoms with Crippen LogP contribution in [0, 0.1) is 0 Å². The third-order valence-corrected chi connectivity index (χ3v) is 7.03. The second-order valence-electron chi connectivity index (χ2n) is 6.03. The molecule has 0 atom stereocenters. The molecule has 29 heavy (non-hydrogen) atoms. The van der Waals surface area contributed by atoms with Crippen molar-refractivity contribution in [2.24, 2.45) is 12.0 Å². The summed E-state index contributed by atoms with van der Waals surface area (Å²) in [6.07, 6.45) is 0. The highest BCUT2D eigenvalue weighted by Crippen LogP contribution is 2.34. The number of ether oxygens (including phenoxy) is 3. The van der Waals surface area contributed by atoms with Gasteiger partial charge in [-0.2, -0.15) is 4.99 Å². The molecule has 1 aromatic heterocycles. The van der Waals surface area contributed by atoms with Crippen LogP contribution < -0.4 is 19.0 Å². The van der Waals surface area contributed by atoms with E-state index in [9.17, 15) is 13.2 Å². The van der Waals surface area contributed by atoms with Gasteiger partial charge in [-0.3, -0.25) is 4.79 Å². The predicted molar refractivity (Wildman–Crippen MR) is 110 cm³/mol. The first kappa shape index (κ1) is 20.9. The van der Waals surface area contributed by atoms with Crippen LogP contribution in [0.25, 0.3) is 10.2 Å². The Bertz CT molecular complexity index is 1220. The third-order valence-electron chi connectivity index (χ3n) is 4.27. The molecule has 0 fully saturated rings. The Morgan fingerprint density at radius 3 is 2.21 bits per heavy atom. The molecule has 0 saturated heterocycles. The maximum Gasteiger partial charge on any atom is 0.263 e. The number of aromatic nitrogens is 1. The van der Waals surface area contributed by atoms with E-state index in [-0.39, 0.29) is 4.90 Å². The fourth-order valence-corrected chi connectivity index (χ4v) is 5.05. The zero-order valence-electron chi connectivity index (χ0n) is 16.3. The molecule has 10 heteroatoms. The van der Waals surface area contributed by atoms with Gasteiger partial charge in [0, 0.05) is 7.05 Å². The molecule has 154 valence electrons. The second-order valence-corrected chi connectivity index (χ2v) is 9.00. The SMILES string of the molecule is COc1ccc(S(=O)(=O)CC(=O)N=c2sc3c(OC)ccc(OC)c3n2C)cc1. The van der Waals surface area contributed by atoms with Crippen LogP contribution in [0.2, 0.25) is 0 Å². The average molecular weight is 437 g/mol. The number of nitrogens with zero attached hydrogens (tertiary/aromatic N) is 2. The Balaban J connectivity index is 1.98. The standard InChI is InChI=1S/C19H20N2O6S2/c1-21-17-14(26-3)9-10-15(27-4)18(17)28-19(21)20-16(22)11-29(23,24)13-7-5-12(25-2)6-8-13/h5-10H,11H2,1-4H3. The van der Waals surface area contributed by atoms with Gasteiger partial charge in [-0.25, -0.2) is 8.42 Å². The van der Waals surface area contributed by atoms with Crippen LogP contribution in [0.15, 0.2) is 46.3 Å². The number of sulfone groups is 1. The molecular formula is C19H20N2O6S2. The number of amides is 1. The van der Waals surface area contributed by atoms with Crippen molar-refractivity contribution in [3.8, 4) is 17.2 Å². The first-order valence-corrected chi connectivity index (χ1v) is 10.9. The van der Waals surface area contributed by atoms with Gasteiger partial charge in [0.1, 0.15) is 33.2 Å². The van der Waals surface area contributed by atoms with E-state index < -0.39 is 21.5 Å². The minimum absolute atomic E-state index is 0.0332. The van der Waals surface area contributed by atoms with E-state index in [0.29, 0.717) is 27.6 Å². The molecule has 0 radical (unpaired) electrons. The number of benzene rings is 2. The summed E-state index contributed by atoms with van der Waals surface area (Å²) in [6.45, 7) is 0. The maximum atomic E-state index is 12.5. The van der Waals surface area contributed by atoms with Crippen molar-refractivity contribution in [3.05, 3.63) is 41.2 Å². The molecule has 0 aliphatic carbocycles. The first-order chi connectivity index (χ1) is 13.8. The molecule has 0 unspecified atom stereocenters. The molecule has 1 heterocycles. The Morgan fingerprint density at radius 1 is 1.00 bits per heavy atom. The van der Waals surface area contributed by atoms with E-state index >= 15 is 0 Å². The third kappa shape index (κ3) is 4.13. The van der Waals surface area contributed by atoms with Crippen LogP contribution in [-0.2, 0) is 21.7 Å². The van der Waals surface area contributed by atoms with E-state index in [1.807, 2.05) is 0 Å². The van der Waals surface area contributed by atoms with E-state index in [2.05, 4.69) is 4.99 Å².